The van der Waals surface area contributed by atoms with Crippen molar-refractivity contribution in [3.8, 4) is 5.75 Å². The molecule has 94 valence electrons. The normalized spacial score (nSPS) is 8.65. The average Bonchev–Trinajstić information content (AvgIpc) is 2.34. The molecule has 0 aromatic heterocycles. The maximum atomic E-state index is 11.7. The Labute approximate surface area is 98.2 Å². The Balaban J connectivity index is 0.00000121. The van der Waals surface area contributed by atoms with Crippen LogP contribution in [0.1, 0.15) is 13.8 Å². The Bertz CT molecular complexity index is 364. The Morgan fingerprint density at radius 1 is 1.29 bits per heavy atom. The van der Waals surface area contributed by atoms with Crippen LogP contribution in [0, 0.1) is 0 Å². The highest BCUT2D eigenvalue weighted by Crippen LogP contribution is 2.15. The molecule has 1 aromatic carbocycles. The molecule has 0 spiro atoms. The molecule has 1 amide bonds. The molecule has 5 nitrogen and oxygen atoms in total. The second-order valence-corrected chi connectivity index (χ2v) is 2.54. The molecule has 0 fully saturated rings. The highest BCUT2D eigenvalue weighted by atomic mass is 19.1. The predicted octanol–water partition coefficient (Wildman–Crippen LogP) is 2.04. The number of hydrogen-bond donors (Lipinski definition) is 2. The number of carbonyl (C=O) groups excluding carboxylic acids is 1. The first-order valence-corrected chi connectivity index (χ1v) is 4.96. The number of hydrogen-bond acceptors (Lipinski definition) is 3. The number of nitrogens with one attached hydrogen (secondary N) is 1. The van der Waals surface area contributed by atoms with Crippen molar-refractivity contribution in [2.24, 2.45) is 0 Å². The van der Waals surface area contributed by atoms with Crippen LogP contribution in [0.15, 0.2) is 24.3 Å². The number of benzene rings is 1. The second-order valence-electron chi connectivity index (χ2n) is 2.54. The van der Waals surface area contributed by atoms with Gasteiger partial charge in [-0.2, -0.15) is 0 Å². The summed E-state index contributed by atoms with van der Waals surface area (Å²) in [6.45, 7) is 3.06. The van der Waals surface area contributed by atoms with Crippen molar-refractivity contribution >= 4 is 17.6 Å². The van der Waals surface area contributed by atoms with Gasteiger partial charge in [0.2, 0.25) is 6.86 Å². The van der Waals surface area contributed by atoms with Crippen molar-refractivity contribution in [1.29, 1.82) is 0 Å². The van der Waals surface area contributed by atoms with Crippen molar-refractivity contribution in [3.05, 3.63) is 24.3 Å². The lowest BCUT2D eigenvalue weighted by Crippen LogP contribution is -2.21. The van der Waals surface area contributed by atoms with E-state index in [0.717, 1.165) is 0 Å². The fourth-order valence-electron chi connectivity index (χ4n) is 0.882. The maximum Gasteiger partial charge on any atom is 0.394 e. The minimum Gasteiger partial charge on any atom is -0.474 e. The average molecular weight is 243 g/mol. The van der Waals surface area contributed by atoms with E-state index in [1.165, 1.54) is 24.3 Å². The SMILES string of the molecule is CC.O=C(O)C(=O)Nc1ccc(OCF)cc1. The van der Waals surface area contributed by atoms with Crippen molar-refractivity contribution < 1.29 is 23.8 Å². The molecule has 0 saturated carbocycles. The van der Waals surface area contributed by atoms with Gasteiger partial charge in [0.25, 0.3) is 0 Å². The molecule has 0 aliphatic heterocycles. The molecular weight excluding hydrogens is 229 g/mol. The number of alkyl halides is 1. The first-order chi connectivity index (χ1) is 8.13. The number of aliphatic carboxylic acids is 1. The number of carboxylic acid groups (broad SMARTS) is 1. The predicted molar refractivity (Wildman–Crippen MR) is 60.7 cm³/mol. The van der Waals surface area contributed by atoms with E-state index in [4.69, 9.17) is 5.11 Å². The topological polar surface area (TPSA) is 75.6 Å². The van der Waals surface area contributed by atoms with Gasteiger partial charge in [0, 0.05) is 5.69 Å². The quantitative estimate of drug-likeness (QED) is 0.796. The first-order valence-electron chi connectivity index (χ1n) is 4.96. The number of halogens is 1. The molecule has 0 heterocycles. The van der Waals surface area contributed by atoms with Crippen molar-refractivity contribution in [2.45, 2.75) is 13.8 Å². The zero-order valence-corrected chi connectivity index (χ0v) is 9.57. The van der Waals surface area contributed by atoms with Gasteiger partial charge in [-0.15, -0.1) is 0 Å². The largest absolute Gasteiger partial charge is 0.474 e. The molecule has 0 aliphatic carbocycles. The van der Waals surface area contributed by atoms with E-state index >= 15 is 0 Å². The second kappa shape index (κ2) is 8.09. The Hall–Kier alpha value is -2.11. The molecule has 17 heavy (non-hydrogen) atoms. The monoisotopic (exact) mass is 243 g/mol. The van der Waals surface area contributed by atoms with Gasteiger partial charge in [-0.25, -0.2) is 9.18 Å². The number of amides is 1. The summed E-state index contributed by atoms with van der Waals surface area (Å²) in [6, 6.07) is 5.64. The first kappa shape index (κ1) is 14.9. The highest BCUT2D eigenvalue weighted by molar-refractivity contribution is 6.36. The fourth-order valence-corrected chi connectivity index (χ4v) is 0.882. The summed E-state index contributed by atoms with van der Waals surface area (Å²) < 4.78 is 16.2. The third kappa shape index (κ3) is 5.50. The standard InChI is InChI=1S/C9H8FNO4.C2H6/c10-5-15-7-3-1-6(2-4-7)11-8(12)9(13)14;1-2/h1-4H,5H2,(H,11,12)(H,13,14);1-2H3. The Morgan fingerprint density at radius 3 is 2.24 bits per heavy atom. The minimum absolute atomic E-state index is 0.297. The molecule has 0 aliphatic rings. The molecule has 1 rings (SSSR count). The summed E-state index contributed by atoms with van der Waals surface area (Å²) in [6.07, 6.45) is 0. The van der Waals surface area contributed by atoms with E-state index in [2.05, 4.69) is 10.1 Å². The molecular formula is C11H14FNO4. The summed E-state index contributed by atoms with van der Waals surface area (Å²) >= 11 is 0. The Morgan fingerprint density at radius 2 is 1.82 bits per heavy atom. The summed E-state index contributed by atoms with van der Waals surface area (Å²) in [4.78, 5) is 20.9. The zero-order valence-electron chi connectivity index (χ0n) is 9.57. The molecule has 0 saturated heterocycles. The van der Waals surface area contributed by atoms with Crippen LogP contribution in [0.2, 0.25) is 0 Å². The van der Waals surface area contributed by atoms with E-state index in [9.17, 15) is 14.0 Å². The van der Waals surface area contributed by atoms with Crippen LogP contribution in [-0.2, 0) is 9.59 Å². The molecule has 0 radical (unpaired) electrons. The van der Waals surface area contributed by atoms with Gasteiger partial charge in [0.05, 0.1) is 0 Å². The molecule has 0 atom stereocenters. The van der Waals surface area contributed by atoms with Crippen LogP contribution < -0.4 is 10.1 Å². The maximum absolute atomic E-state index is 11.7. The van der Waals surface area contributed by atoms with Crippen LogP contribution in [0.3, 0.4) is 0 Å². The van der Waals surface area contributed by atoms with Crippen molar-refractivity contribution in [2.75, 3.05) is 12.2 Å². The Kier molecular flexibility index (Phi) is 7.09. The number of carboxylic acids is 1. The highest BCUT2D eigenvalue weighted by Gasteiger charge is 2.10. The van der Waals surface area contributed by atoms with Gasteiger partial charge >= 0.3 is 11.9 Å². The third-order valence-corrected chi connectivity index (χ3v) is 1.53. The summed E-state index contributed by atoms with van der Waals surface area (Å²) in [7, 11) is 0. The number of anilines is 1. The van der Waals surface area contributed by atoms with Gasteiger partial charge in [-0.3, -0.25) is 4.79 Å². The van der Waals surface area contributed by atoms with E-state index in [0.29, 0.717) is 11.4 Å². The van der Waals surface area contributed by atoms with Crippen LogP contribution in [0.5, 0.6) is 5.75 Å². The van der Waals surface area contributed by atoms with E-state index in [1.54, 1.807) is 0 Å². The molecule has 6 heteroatoms. The van der Waals surface area contributed by atoms with E-state index in [-0.39, 0.29) is 0 Å². The van der Waals surface area contributed by atoms with E-state index in [1.807, 2.05) is 13.8 Å². The molecule has 1 aromatic rings. The van der Waals surface area contributed by atoms with Gasteiger partial charge in [0.1, 0.15) is 5.75 Å². The van der Waals surface area contributed by atoms with Gasteiger partial charge < -0.3 is 15.2 Å². The number of rotatable bonds is 3. The molecule has 0 bridgehead atoms. The molecule has 0 unspecified atom stereocenters. The summed E-state index contributed by atoms with van der Waals surface area (Å²) in [5.74, 6) is -2.40. The van der Waals surface area contributed by atoms with Gasteiger partial charge in [-0.05, 0) is 24.3 Å². The third-order valence-electron chi connectivity index (χ3n) is 1.53. The van der Waals surface area contributed by atoms with Crippen LogP contribution in [-0.4, -0.2) is 23.8 Å². The molecule has 2 N–H and O–H groups in total. The smallest absolute Gasteiger partial charge is 0.394 e. The minimum atomic E-state index is -1.57. The van der Waals surface area contributed by atoms with Crippen LogP contribution in [0.25, 0.3) is 0 Å². The zero-order chi connectivity index (χ0) is 13.3. The van der Waals surface area contributed by atoms with Crippen LogP contribution in [0.4, 0.5) is 10.1 Å². The van der Waals surface area contributed by atoms with Crippen LogP contribution >= 0.6 is 0 Å². The van der Waals surface area contributed by atoms with Crippen molar-refractivity contribution in [1.82, 2.24) is 0 Å². The van der Waals surface area contributed by atoms with Gasteiger partial charge in [-0.1, -0.05) is 13.8 Å². The van der Waals surface area contributed by atoms with Gasteiger partial charge in [0.15, 0.2) is 0 Å². The number of carbonyl (C=O) groups is 2. The summed E-state index contributed by atoms with van der Waals surface area (Å²) in [5, 5.41) is 10.4. The fraction of sp³-hybridized carbons (Fsp3) is 0.273. The van der Waals surface area contributed by atoms with Crippen molar-refractivity contribution in [3.63, 3.8) is 0 Å². The lowest BCUT2D eigenvalue weighted by atomic mass is 10.3. The number of ether oxygens (including phenoxy) is 1. The lowest BCUT2D eigenvalue weighted by Gasteiger charge is -2.03. The van der Waals surface area contributed by atoms with E-state index < -0.39 is 18.7 Å². The summed E-state index contributed by atoms with van der Waals surface area (Å²) in [5.41, 5.74) is 0.300. The lowest BCUT2D eigenvalue weighted by molar-refractivity contribution is -0.147.